The molecule has 31 heavy (non-hydrogen) atoms. The number of carbonyl (C=O) groups excluding carboxylic acids is 1. The third-order valence-corrected chi connectivity index (χ3v) is 5.31. The molecule has 2 heterocycles. The lowest BCUT2D eigenvalue weighted by molar-refractivity contribution is 0.208. The number of urea groups is 1. The molecule has 1 aliphatic rings. The van der Waals surface area contributed by atoms with E-state index in [1.807, 2.05) is 55.1 Å². The van der Waals surface area contributed by atoms with Gasteiger partial charge in [-0.05, 0) is 36.4 Å². The summed E-state index contributed by atoms with van der Waals surface area (Å²) in [6.07, 6.45) is 0. The van der Waals surface area contributed by atoms with Gasteiger partial charge in [-0.1, -0.05) is 25.1 Å². The predicted octanol–water partition coefficient (Wildman–Crippen LogP) is 4.22. The van der Waals surface area contributed by atoms with Gasteiger partial charge in [0.1, 0.15) is 5.75 Å². The van der Waals surface area contributed by atoms with Gasteiger partial charge in [-0.3, -0.25) is 0 Å². The summed E-state index contributed by atoms with van der Waals surface area (Å²) in [5, 5.41) is 7.01. The van der Waals surface area contributed by atoms with Gasteiger partial charge in [0.25, 0.3) is 0 Å². The number of rotatable bonds is 5. The Balaban J connectivity index is 1.33. The number of carbonyl (C=O) groups is 1. The summed E-state index contributed by atoms with van der Waals surface area (Å²) >= 11 is 0. The number of piperazine rings is 1. The topological polar surface area (TPSA) is 83.7 Å². The molecule has 1 N–H and O–H groups in total. The first kappa shape index (κ1) is 20.7. The predicted molar refractivity (Wildman–Crippen MR) is 120 cm³/mol. The second-order valence-electron chi connectivity index (χ2n) is 7.79. The Kier molecular flexibility index (Phi) is 6.06. The van der Waals surface area contributed by atoms with Crippen molar-refractivity contribution < 1.29 is 14.1 Å². The van der Waals surface area contributed by atoms with Crippen molar-refractivity contribution in [2.75, 3.05) is 43.5 Å². The molecule has 0 spiro atoms. The van der Waals surface area contributed by atoms with E-state index >= 15 is 0 Å². The standard InChI is InChI=1S/C23H27N5O3/c1-16(2)22-25-21(26-31-22)17-7-9-19(10-8-17)27-11-13-28(14-12-27)23(29)24-18-5-4-6-20(15-18)30-3/h4-10,15-16H,11-14H2,1-3H3,(H,24,29). The van der Waals surface area contributed by atoms with Crippen LogP contribution >= 0.6 is 0 Å². The van der Waals surface area contributed by atoms with Crippen LogP contribution < -0.4 is 15.0 Å². The van der Waals surface area contributed by atoms with Gasteiger partial charge in [-0.15, -0.1) is 0 Å². The van der Waals surface area contributed by atoms with Crippen LogP contribution in [0.3, 0.4) is 0 Å². The number of anilines is 2. The van der Waals surface area contributed by atoms with Crippen molar-refractivity contribution in [3.05, 3.63) is 54.4 Å². The van der Waals surface area contributed by atoms with Gasteiger partial charge in [0, 0.05) is 55.1 Å². The van der Waals surface area contributed by atoms with Crippen molar-refractivity contribution in [2.45, 2.75) is 19.8 Å². The van der Waals surface area contributed by atoms with Crippen LogP contribution in [0.5, 0.6) is 5.75 Å². The zero-order chi connectivity index (χ0) is 21.8. The normalized spacial score (nSPS) is 14.1. The maximum absolute atomic E-state index is 12.6. The fourth-order valence-electron chi connectivity index (χ4n) is 3.48. The Bertz CT molecular complexity index is 1020. The highest BCUT2D eigenvalue weighted by Crippen LogP contribution is 2.24. The molecule has 0 atom stereocenters. The van der Waals surface area contributed by atoms with Crippen molar-refractivity contribution in [3.63, 3.8) is 0 Å². The molecule has 1 fully saturated rings. The van der Waals surface area contributed by atoms with E-state index in [0.29, 0.717) is 30.6 Å². The van der Waals surface area contributed by atoms with Gasteiger partial charge in [0.2, 0.25) is 11.7 Å². The Labute approximate surface area is 181 Å². The van der Waals surface area contributed by atoms with Crippen molar-refractivity contribution in [2.24, 2.45) is 0 Å². The highest BCUT2D eigenvalue weighted by molar-refractivity contribution is 5.89. The van der Waals surface area contributed by atoms with E-state index in [1.165, 1.54) is 0 Å². The summed E-state index contributed by atoms with van der Waals surface area (Å²) in [5.74, 6) is 2.17. The number of hydrogen-bond acceptors (Lipinski definition) is 6. The van der Waals surface area contributed by atoms with E-state index in [9.17, 15) is 4.79 Å². The minimum Gasteiger partial charge on any atom is -0.497 e. The summed E-state index contributed by atoms with van der Waals surface area (Å²) in [6, 6.07) is 15.4. The van der Waals surface area contributed by atoms with E-state index in [4.69, 9.17) is 9.26 Å². The molecule has 1 aliphatic heterocycles. The maximum Gasteiger partial charge on any atom is 0.321 e. The minimum atomic E-state index is -0.0960. The van der Waals surface area contributed by atoms with Crippen LogP contribution in [0.1, 0.15) is 25.7 Å². The number of nitrogens with one attached hydrogen (secondary N) is 1. The van der Waals surface area contributed by atoms with Crippen LogP contribution in [0.15, 0.2) is 53.1 Å². The van der Waals surface area contributed by atoms with E-state index in [-0.39, 0.29) is 11.9 Å². The molecule has 0 unspecified atom stereocenters. The van der Waals surface area contributed by atoms with Crippen LogP contribution in [-0.2, 0) is 0 Å². The highest BCUT2D eigenvalue weighted by Gasteiger charge is 2.22. The van der Waals surface area contributed by atoms with Crippen LogP contribution in [0.25, 0.3) is 11.4 Å². The SMILES string of the molecule is COc1cccc(NC(=O)N2CCN(c3ccc(-c4noc(C(C)C)n4)cc3)CC2)c1. The van der Waals surface area contributed by atoms with E-state index in [2.05, 4.69) is 32.5 Å². The fraction of sp³-hybridized carbons (Fsp3) is 0.348. The molecule has 8 nitrogen and oxygen atoms in total. The summed E-state index contributed by atoms with van der Waals surface area (Å²) in [4.78, 5) is 21.1. The molecule has 162 valence electrons. The van der Waals surface area contributed by atoms with Crippen molar-refractivity contribution in [3.8, 4) is 17.1 Å². The molecule has 1 saturated heterocycles. The lowest BCUT2D eigenvalue weighted by atomic mass is 10.1. The number of nitrogens with zero attached hydrogens (tertiary/aromatic N) is 4. The molecular weight excluding hydrogens is 394 g/mol. The molecule has 0 bridgehead atoms. The number of methoxy groups -OCH3 is 1. The van der Waals surface area contributed by atoms with Gasteiger partial charge in [0.15, 0.2) is 0 Å². The Morgan fingerprint density at radius 2 is 1.84 bits per heavy atom. The van der Waals surface area contributed by atoms with Crippen molar-refractivity contribution >= 4 is 17.4 Å². The average Bonchev–Trinajstić information content (AvgIpc) is 3.30. The van der Waals surface area contributed by atoms with Crippen LogP contribution in [-0.4, -0.2) is 54.4 Å². The van der Waals surface area contributed by atoms with E-state index in [0.717, 1.165) is 30.0 Å². The average molecular weight is 422 g/mol. The molecule has 2 amide bonds. The van der Waals surface area contributed by atoms with Gasteiger partial charge < -0.3 is 24.4 Å². The number of ether oxygens (including phenoxy) is 1. The highest BCUT2D eigenvalue weighted by atomic mass is 16.5. The molecule has 0 radical (unpaired) electrons. The lowest BCUT2D eigenvalue weighted by Gasteiger charge is -2.36. The largest absolute Gasteiger partial charge is 0.497 e. The molecule has 3 aromatic rings. The minimum absolute atomic E-state index is 0.0960. The lowest BCUT2D eigenvalue weighted by Crippen LogP contribution is -2.50. The second kappa shape index (κ2) is 9.07. The van der Waals surface area contributed by atoms with Gasteiger partial charge in [-0.2, -0.15) is 4.98 Å². The van der Waals surface area contributed by atoms with Crippen LogP contribution in [0, 0.1) is 0 Å². The number of hydrogen-bond donors (Lipinski definition) is 1. The third-order valence-electron chi connectivity index (χ3n) is 5.31. The first-order valence-electron chi connectivity index (χ1n) is 10.4. The smallest absolute Gasteiger partial charge is 0.321 e. The van der Waals surface area contributed by atoms with Crippen molar-refractivity contribution in [1.29, 1.82) is 0 Å². The van der Waals surface area contributed by atoms with Gasteiger partial charge in [-0.25, -0.2) is 4.79 Å². The summed E-state index contributed by atoms with van der Waals surface area (Å²) in [5.41, 5.74) is 2.77. The molecule has 2 aromatic carbocycles. The van der Waals surface area contributed by atoms with E-state index < -0.39 is 0 Å². The Hall–Kier alpha value is -3.55. The van der Waals surface area contributed by atoms with E-state index in [1.54, 1.807) is 7.11 Å². The molecular formula is C23H27N5O3. The Morgan fingerprint density at radius 3 is 2.48 bits per heavy atom. The summed E-state index contributed by atoms with van der Waals surface area (Å²) in [7, 11) is 1.61. The molecule has 0 saturated carbocycles. The zero-order valence-electron chi connectivity index (χ0n) is 18.0. The second-order valence-corrected chi connectivity index (χ2v) is 7.79. The molecule has 0 aliphatic carbocycles. The number of aromatic nitrogens is 2. The van der Waals surface area contributed by atoms with Crippen LogP contribution in [0.4, 0.5) is 16.2 Å². The molecule has 8 heteroatoms. The maximum atomic E-state index is 12.6. The first-order chi connectivity index (χ1) is 15.0. The summed E-state index contributed by atoms with van der Waals surface area (Å²) < 4.78 is 10.5. The van der Waals surface area contributed by atoms with Gasteiger partial charge in [0.05, 0.1) is 7.11 Å². The Morgan fingerprint density at radius 1 is 1.10 bits per heavy atom. The zero-order valence-corrected chi connectivity index (χ0v) is 18.0. The molecule has 4 rings (SSSR count). The first-order valence-corrected chi connectivity index (χ1v) is 10.4. The van der Waals surface area contributed by atoms with Crippen molar-refractivity contribution in [1.82, 2.24) is 15.0 Å². The molecule has 1 aromatic heterocycles. The van der Waals surface area contributed by atoms with Crippen LogP contribution in [0.2, 0.25) is 0 Å². The monoisotopic (exact) mass is 421 g/mol. The van der Waals surface area contributed by atoms with Gasteiger partial charge >= 0.3 is 6.03 Å². The number of benzene rings is 2. The quantitative estimate of drug-likeness (QED) is 0.664. The third kappa shape index (κ3) is 4.79. The summed E-state index contributed by atoms with van der Waals surface area (Å²) in [6.45, 7) is 6.89. The fourth-order valence-corrected chi connectivity index (χ4v) is 3.48. The number of amides is 2.